The van der Waals surface area contributed by atoms with Crippen LogP contribution in [0.25, 0.3) is 0 Å². The monoisotopic (exact) mass is 1250 g/mol. The van der Waals surface area contributed by atoms with Crippen molar-refractivity contribution < 1.29 is 158 Å². The molecule has 2 fully saturated rings. The van der Waals surface area contributed by atoms with Gasteiger partial charge >= 0.3 is 0 Å². The minimum atomic E-state index is -2.44. The smallest absolute Gasteiger partial charge is 0.218 e. The Bertz CT molecular complexity index is 1670. The van der Waals surface area contributed by atoms with E-state index in [-0.39, 0.29) is 71.6 Å². The number of hydrogen-bond donors (Lipinski definition) is 17. The molecule has 10 unspecified atom stereocenters. The zero-order valence-corrected chi connectivity index (χ0v) is 49.6. The van der Waals surface area contributed by atoms with Crippen LogP contribution in [-0.4, -0.2) is 341 Å². The van der Waals surface area contributed by atoms with Gasteiger partial charge in [0.05, 0.1) is 136 Å². The van der Waals surface area contributed by atoms with E-state index in [2.05, 4.69) is 0 Å². The van der Waals surface area contributed by atoms with Crippen molar-refractivity contribution in [3.63, 3.8) is 0 Å². The summed E-state index contributed by atoms with van der Waals surface area (Å²) in [4.78, 5) is 0. The molecule has 0 aromatic carbocycles. The Morgan fingerprint density at radius 2 is 0.976 bits per heavy atom. The summed E-state index contributed by atoms with van der Waals surface area (Å²) in [6, 6.07) is 0. The van der Waals surface area contributed by atoms with E-state index in [4.69, 9.17) is 71.1 Å². The largest absolute Gasteiger partial charge is 0.506 e. The van der Waals surface area contributed by atoms with Crippen LogP contribution in [0, 0.1) is 11.8 Å². The van der Waals surface area contributed by atoms with E-state index >= 15 is 0 Å². The number of rotatable bonds is 50. The third-order valence-corrected chi connectivity index (χ3v) is 13.1. The third-order valence-electron chi connectivity index (χ3n) is 13.1. The highest BCUT2D eigenvalue weighted by atomic mass is 16.7. The Hall–Kier alpha value is -1.86. The van der Waals surface area contributed by atoms with Gasteiger partial charge in [-0.05, 0) is 46.5 Å². The average molecular weight is 1250 g/mol. The second-order valence-electron chi connectivity index (χ2n) is 20.7. The Kier molecular flexibility index (Phi) is 41.6. The van der Waals surface area contributed by atoms with E-state index in [1.165, 1.54) is 0 Å². The molecule has 32 heteroatoms. The maximum absolute atomic E-state index is 12.2. The zero-order chi connectivity index (χ0) is 63.6. The van der Waals surface area contributed by atoms with Crippen molar-refractivity contribution in [2.45, 2.75) is 190 Å². The molecule has 0 aliphatic carbocycles. The fraction of sp³-hybridized carbons (Fsp3) is 0.962. The predicted octanol–water partition coefficient (Wildman–Crippen LogP) is -6.04. The molecule has 0 aromatic heterocycles. The summed E-state index contributed by atoms with van der Waals surface area (Å²) in [5, 5.41) is 183. The van der Waals surface area contributed by atoms with Gasteiger partial charge in [0.15, 0.2) is 36.7 Å². The molecule has 85 heavy (non-hydrogen) atoms. The van der Waals surface area contributed by atoms with Crippen molar-refractivity contribution in [3.05, 3.63) is 11.5 Å². The summed E-state index contributed by atoms with van der Waals surface area (Å²) in [7, 11) is 0. The lowest BCUT2D eigenvalue weighted by molar-refractivity contribution is -0.354. The molecule has 20 atom stereocenters. The van der Waals surface area contributed by atoms with Crippen molar-refractivity contribution in [1.82, 2.24) is 0 Å². The zero-order valence-electron chi connectivity index (χ0n) is 49.6. The molecule has 2 aliphatic heterocycles. The standard InChI is InChI=1S/C53H102O32/c1-29(2)37-35(27-73-22-13-57)83-53(48(41(37)65)77-26-17-61)82-33(7-10-54)39(63)47(76-25-16-60)51(70)85-44-36(28-78-32(8-18-71-20-11-55)38(62)45(74-23-14-58)49(68)79-30(3)4)84-52(43(67)42(44)66)81-34(9-19-72-21-12-56)40(64)46(75-24-15-59)50(69)80-31(5)6/h29-37,39-44,46-70H,7-28H2,1-6H3/b45-38+/t32-,33+,34+,35?,36?,37-,39?,40?,41?,42?,43?,44+,46?,47?,48?,49+,50+,51+,52-,53-/m1/s1. The van der Waals surface area contributed by atoms with Gasteiger partial charge in [0.2, 0.25) is 6.29 Å². The van der Waals surface area contributed by atoms with Gasteiger partial charge in [-0.15, -0.1) is 0 Å². The number of aliphatic hydroxyl groups is 17. The van der Waals surface area contributed by atoms with Crippen LogP contribution in [-0.2, 0) is 71.1 Å². The highest BCUT2D eigenvalue weighted by Crippen LogP contribution is 2.36. The topological polar surface area (TPSA) is 482 Å². The van der Waals surface area contributed by atoms with Gasteiger partial charge in [-0.3, -0.25) is 0 Å². The van der Waals surface area contributed by atoms with E-state index in [0.29, 0.717) is 0 Å². The first-order valence-electron chi connectivity index (χ1n) is 28.8. The quantitative estimate of drug-likeness (QED) is 0.0153. The molecule has 2 saturated heterocycles. The van der Waals surface area contributed by atoms with Crippen LogP contribution in [0.3, 0.4) is 0 Å². The lowest BCUT2D eigenvalue weighted by Gasteiger charge is -2.47. The minimum Gasteiger partial charge on any atom is -0.506 e. The maximum Gasteiger partial charge on any atom is 0.218 e. The summed E-state index contributed by atoms with van der Waals surface area (Å²) in [5.74, 6) is -2.34. The minimum absolute atomic E-state index is 0.0881. The summed E-state index contributed by atoms with van der Waals surface area (Å²) in [6.45, 7) is 2.04. The molecule has 2 heterocycles. The Morgan fingerprint density at radius 3 is 1.52 bits per heavy atom. The molecule has 2 aliphatic rings. The van der Waals surface area contributed by atoms with E-state index < -0.39 is 226 Å². The molecule has 17 N–H and O–H groups in total. The Labute approximate surface area is 495 Å². The van der Waals surface area contributed by atoms with Gasteiger partial charge in [0.25, 0.3) is 0 Å². The van der Waals surface area contributed by atoms with Crippen LogP contribution < -0.4 is 0 Å². The van der Waals surface area contributed by atoms with Crippen LogP contribution in [0.5, 0.6) is 0 Å². The number of aliphatic hydroxyl groups excluding tert-OH is 17. The normalized spacial score (nSPS) is 27.1. The maximum atomic E-state index is 12.2. The van der Waals surface area contributed by atoms with Crippen LogP contribution >= 0.6 is 0 Å². The van der Waals surface area contributed by atoms with Gasteiger partial charge in [-0.25, -0.2) is 0 Å². The second kappa shape index (κ2) is 44.6. The van der Waals surface area contributed by atoms with Crippen molar-refractivity contribution >= 4 is 0 Å². The highest BCUT2D eigenvalue weighted by Gasteiger charge is 2.52. The van der Waals surface area contributed by atoms with Gasteiger partial charge in [0.1, 0.15) is 67.6 Å². The van der Waals surface area contributed by atoms with E-state index in [0.717, 1.165) is 0 Å². The Balaban J connectivity index is 2.84. The first-order valence-corrected chi connectivity index (χ1v) is 28.8. The van der Waals surface area contributed by atoms with E-state index in [1.54, 1.807) is 41.5 Å². The van der Waals surface area contributed by atoms with Gasteiger partial charge in [-0.1, -0.05) is 13.8 Å². The molecule has 506 valence electrons. The molecule has 32 nitrogen and oxygen atoms in total. The summed E-state index contributed by atoms with van der Waals surface area (Å²) >= 11 is 0. The van der Waals surface area contributed by atoms with Crippen LogP contribution in [0.2, 0.25) is 0 Å². The van der Waals surface area contributed by atoms with Crippen LogP contribution in [0.1, 0.15) is 60.8 Å². The fourth-order valence-electron chi connectivity index (χ4n) is 9.32. The number of hydrogen-bond acceptors (Lipinski definition) is 32. The molecular weight excluding hydrogens is 1150 g/mol. The van der Waals surface area contributed by atoms with Crippen molar-refractivity contribution in [2.24, 2.45) is 11.8 Å². The van der Waals surface area contributed by atoms with Crippen molar-refractivity contribution in [3.8, 4) is 0 Å². The molecule has 2 rings (SSSR count). The van der Waals surface area contributed by atoms with Crippen molar-refractivity contribution in [1.29, 1.82) is 0 Å². The number of ether oxygens (including phenoxy) is 15. The summed E-state index contributed by atoms with van der Waals surface area (Å²) in [5.41, 5.74) is 0. The first kappa shape index (κ1) is 79.2. The molecule has 0 saturated carbocycles. The molecule has 0 bridgehead atoms. The fourth-order valence-corrected chi connectivity index (χ4v) is 9.32. The SMILES string of the molecule is CC(C)O[C@H](O)/C(OCCO)=C(\O)[C@@H](CCOCCO)OCC1O[C@@H](O[C@@H](CCOCCO)C(O)C(OCCO)[C@@H](O)OC(C)C)C(O)C(O)[C@H]1O[C@H](O)C(OCCO)C(O)[C@H](CCO)O[C@@H]1OC(COCCO)[C@@H](C(C)C)C(O)C1OCCO. The van der Waals surface area contributed by atoms with Crippen LogP contribution in [0.15, 0.2) is 11.5 Å². The molecular formula is C53H102O32. The van der Waals surface area contributed by atoms with Crippen molar-refractivity contribution in [2.75, 3.05) is 126 Å². The van der Waals surface area contributed by atoms with E-state index in [1.807, 2.05) is 0 Å². The van der Waals surface area contributed by atoms with E-state index in [9.17, 15) is 86.8 Å². The lowest BCUT2D eigenvalue weighted by Crippen LogP contribution is -2.63. The predicted molar refractivity (Wildman–Crippen MR) is 288 cm³/mol. The second-order valence-corrected chi connectivity index (χ2v) is 20.7. The van der Waals surface area contributed by atoms with Gasteiger partial charge < -0.3 is 158 Å². The Morgan fingerprint density at radius 1 is 0.459 bits per heavy atom. The lowest BCUT2D eigenvalue weighted by atomic mass is 9.81. The summed E-state index contributed by atoms with van der Waals surface area (Å²) < 4.78 is 87.2. The molecule has 0 aromatic rings. The molecule has 0 spiro atoms. The third kappa shape index (κ3) is 27.2. The van der Waals surface area contributed by atoms with Gasteiger partial charge in [0, 0.05) is 32.2 Å². The highest BCUT2D eigenvalue weighted by molar-refractivity contribution is 5.09. The molecule has 0 amide bonds. The van der Waals surface area contributed by atoms with Crippen LogP contribution in [0.4, 0.5) is 0 Å². The first-order chi connectivity index (χ1) is 40.6. The average Bonchev–Trinajstić information content (AvgIpc) is 2.09. The molecule has 0 radical (unpaired) electrons. The van der Waals surface area contributed by atoms with Gasteiger partial charge in [-0.2, -0.15) is 0 Å². The summed E-state index contributed by atoms with van der Waals surface area (Å²) in [6.07, 6.45) is -36.5.